The predicted molar refractivity (Wildman–Crippen MR) is 70.4 cm³/mol. The first-order chi connectivity index (χ1) is 8.53. The molecule has 0 spiro atoms. The zero-order valence-corrected chi connectivity index (χ0v) is 11.0. The summed E-state index contributed by atoms with van der Waals surface area (Å²) in [6.45, 7) is 2.15. The average molecular weight is 271 g/mol. The van der Waals surface area contributed by atoms with E-state index in [9.17, 15) is 8.42 Å². The summed E-state index contributed by atoms with van der Waals surface area (Å²) in [5, 5.41) is 0. The Hall–Kier alpha value is -1.38. The molecule has 18 heavy (non-hydrogen) atoms. The van der Waals surface area contributed by atoms with E-state index in [1.54, 1.807) is 12.3 Å². The highest BCUT2D eigenvalue weighted by Crippen LogP contribution is 2.15. The SMILES string of the molecule is CNS(=O)(=O)N1CCN(c2ccc(N)cn2)CC1. The molecule has 8 heteroatoms. The van der Waals surface area contributed by atoms with Crippen molar-refractivity contribution in [3.05, 3.63) is 18.3 Å². The van der Waals surface area contributed by atoms with E-state index in [4.69, 9.17) is 5.73 Å². The molecule has 1 aromatic heterocycles. The van der Waals surface area contributed by atoms with E-state index in [1.165, 1.54) is 11.4 Å². The molecule has 0 radical (unpaired) electrons. The summed E-state index contributed by atoms with van der Waals surface area (Å²) in [6, 6.07) is 3.64. The van der Waals surface area contributed by atoms with Gasteiger partial charge >= 0.3 is 0 Å². The third-order valence-corrected chi connectivity index (χ3v) is 4.49. The van der Waals surface area contributed by atoms with Gasteiger partial charge < -0.3 is 10.6 Å². The van der Waals surface area contributed by atoms with Crippen LogP contribution in [0, 0.1) is 0 Å². The second-order valence-electron chi connectivity index (χ2n) is 4.04. The molecule has 0 amide bonds. The number of nitrogens with two attached hydrogens (primary N) is 1. The number of anilines is 2. The molecule has 1 saturated heterocycles. The third-order valence-electron chi connectivity index (χ3n) is 2.93. The van der Waals surface area contributed by atoms with Gasteiger partial charge in [0, 0.05) is 33.2 Å². The minimum absolute atomic E-state index is 0.454. The van der Waals surface area contributed by atoms with E-state index in [2.05, 4.69) is 9.71 Å². The van der Waals surface area contributed by atoms with Gasteiger partial charge in [0.05, 0.1) is 11.9 Å². The lowest BCUT2D eigenvalue weighted by molar-refractivity contribution is 0.379. The number of hydrogen-bond donors (Lipinski definition) is 2. The van der Waals surface area contributed by atoms with E-state index in [-0.39, 0.29) is 0 Å². The van der Waals surface area contributed by atoms with Gasteiger partial charge in [-0.2, -0.15) is 12.7 Å². The summed E-state index contributed by atoms with van der Waals surface area (Å²) >= 11 is 0. The Morgan fingerprint density at radius 2 is 1.94 bits per heavy atom. The molecule has 2 heterocycles. The lowest BCUT2D eigenvalue weighted by Crippen LogP contribution is -2.51. The molecule has 0 bridgehead atoms. The van der Waals surface area contributed by atoms with Gasteiger partial charge in [-0.15, -0.1) is 0 Å². The van der Waals surface area contributed by atoms with Crippen molar-refractivity contribution in [3.63, 3.8) is 0 Å². The second kappa shape index (κ2) is 5.09. The molecule has 1 aromatic rings. The number of nitrogen functional groups attached to an aromatic ring is 1. The second-order valence-corrected chi connectivity index (χ2v) is 5.92. The smallest absolute Gasteiger partial charge is 0.279 e. The van der Waals surface area contributed by atoms with E-state index in [1.807, 2.05) is 11.0 Å². The van der Waals surface area contributed by atoms with Crippen molar-refractivity contribution in [1.29, 1.82) is 0 Å². The maximum absolute atomic E-state index is 11.6. The lowest BCUT2D eigenvalue weighted by Gasteiger charge is -2.34. The Morgan fingerprint density at radius 3 is 2.44 bits per heavy atom. The van der Waals surface area contributed by atoms with Crippen molar-refractivity contribution in [2.24, 2.45) is 0 Å². The minimum atomic E-state index is -3.32. The van der Waals surface area contributed by atoms with Crippen LogP contribution in [0.3, 0.4) is 0 Å². The van der Waals surface area contributed by atoms with Gasteiger partial charge in [0.1, 0.15) is 5.82 Å². The highest BCUT2D eigenvalue weighted by molar-refractivity contribution is 7.87. The van der Waals surface area contributed by atoms with Crippen molar-refractivity contribution in [2.75, 3.05) is 43.9 Å². The topological polar surface area (TPSA) is 91.6 Å². The van der Waals surface area contributed by atoms with Crippen molar-refractivity contribution in [1.82, 2.24) is 14.0 Å². The molecule has 1 fully saturated rings. The largest absolute Gasteiger partial charge is 0.397 e. The average Bonchev–Trinajstić information content (AvgIpc) is 2.40. The van der Waals surface area contributed by atoms with Crippen LogP contribution >= 0.6 is 0 Å². The number of nitrogens with one attached hydrogen (secondary N) is 1. The van der Waals surface area contributed by atoms with Gasteiger partial charge in [-0.05, 0) is 12.1 Å². The van der Waals surface area contributed by atoms with Crippen molar-refractivity contribution in [2.45, 2.75) is 0 Å². The van der Waals surface area contributed by atoms with Gasteiger partial charge in [0.25, 0.3) is 10.2 Å². The van der Waals surface area contributed by atoms with E-state index < -0.39 is 10.2 Å². The van der Waals surface area contributed by atoms with E-state index >= 15 is 0 Å². The molecule has 1 aliphatic heterocycles. The maximum atomic E-state index is 11.6. The normalized spacial score (nSPS) is 17.9. The predicted octanol–water partition coefficient (Wildman–Crippen LogP) is -0.750. The van der Waals surface area contributed by atoms with Gasteiger partial charge in [-0.3, -0.25) is 0 Å². The fourth-order valence-corrected chi connectivity index (χ4v) is 2.77. The molecular weight excluding hydrogens is 254 g/mol. The number of pyridine rings is 1. The van der Waals surface area contributed by atoms with Crippen LogP contribution in [-0.2, 0) is 10.2 Å². The fourth-order valence-electron chi connectivity index (χ4n) is 1.87. The summed E-state index contributed by atoms with van der Waals surface area (Å²) in [5.41, 5.74) is 6.20. The molecule has 3 N–H and O–H groups in total. The molecule has 0 saturated carbocycles. The maximum Gasteiger partial charge on any atom is 0.279 e. The van der Waals surface area contributed by atoms with Crippen LogP contribution in [0.1, 0.15) is 0 Å². The quantitative estimate of drug-likeness (QED) is 0.755. The van der Waals surface area contributed by atoms with E-state index in [0.717, 1.165) is 5.82 Å². The summed E-state index contributed by atoms with van der Waals surface area (Å²) in [7, 11) is -1.90. The molecule has 1 aliphatic rings. The first-order valence-corrected chi connectivity index (χ1v) is 7.12. The van der Waals surface area contributed by atoms with Gasteiger partial charge in [0.2, 0.25) is 0 Å². The Labute approximate surface area is 107 Å². The van der Waals surface area contributed by atoms with Crippen LogP contribution in [-0.4, -0.2) is 50.9 Å². The number of piperazine rings is 1. The summed E-state index contributed by atoms with van der Waals surface area (Å²) in [5.74, 6) is 0.825. The van der Waals surface area contributed by atoms with Gasteiger partial charge in [-0.25, -0.2) is 9.71 Å². The third kappa shape index (κ3) is 2.71. The molecule has 100 valence electrons. The summed E-state index contributed by atoms with van der Waals surface area (Å²) < 4.78 is 27.0. The summed E-state index contributed by atoms with van der Waals surface area (Å²) in [4.78, 5) is 6.27. The van der Waals surface area contributed by atoms with Crippen LogP contribution in [0.4, 0.5) is 11.5 Å². The minimum Gasteiger partial charge on any atom is -0.397 e. The number of hydrogen-bond acceptors (Lipinski definition) is 5. The number of rotatable bonds is 3. The Bertz CT molecular complexity index is 494. The molecule has 7 nitrogen and oxygen atoms in total. The van der Waals surface area contributed by atoms with Crippen LogP contribution in [0.25, 0.3) is 0 Å². The molecule has 0 aromatic carbocycles. The van der Waals surface area contributed by atoms with Gasteiger partial charge in [0.15, 0.2) is 0 Å². The number of aromatic nitrogens is 1. The van der Waals surface area contributed by atoms with Crippen LogP contribution in [0.5, 0.6) is 0 Å². The first kappa shape index (κ1) is 13.1. The Kier molecular flexibility index (Phi) is 3.69. The lowest BCUT2D eigenvalue weighted by atomic mass is 10.3. The standard InChI is InChI=1S/C10H17N5O2S/c1-12-18(16,17)15-6-4-14(5-7-15)10-3-2-9(11)8-13-10/h2-3,8,12H,4-7,11H2,1H3. The Balaban J connectivity index is 2.01. The molecular formula is C10H17N5O2S. The van der Waals surface area contributed by atoms with Crippen LogP contribution in [0.15, 0.2) is 18.3 Å². The molecule has 2 rings (SSSR count). The first-order valence-electron chi connectivity index (χ1n) is 5.68. The van der Waals surface area contributed by atoms with E-state index in [0.29, 0.717) is 31.9 Å². The van der Waals surface area contributed by atoms with Crippen molar-refractivity contribution in [3.8, 4) is 0 Å². The van der Waals surface area contributed by atoms with Crippen LogP contribution in [0.2, 0.25) is 0 Å². The van der Waals surface area contributed by atoms with Crippen molar-refractivity contribution < 1.29 is 8.42 Å². The fraction of sp³-hybridized carbons (Fsp3) is 0.500. The van der Waals surface area contributed by atoms with Gasteiger partial charge in [-0.1, -0.05) is 0 Å². The number of nitrogens with zero attached hydrogens (tertiary/aromatic N) is 3. The Morgan fingerprint density at radius 1 is 1.28 bits per heavy atom. The monoisotopic (exact) mass is 271 g/mol. The zero-order chi connectivity index (χ0) is 13.2. The highest BCUT2D eigenvalue weighted by atomic mass is 32.2. The van der Waals surface area contributed by atoms with Crippen LogP contribution < -0.4 is 15.4 Å². The highest BCUT2D eigenvalue weighted by Gasteiger charge is 2.25. The molecule has 0 atom stereocenters. The zero-order valence-electron chi connectivity index (χ0n) is 10.2. The van der Waals surface area contributed by atoms with Crippen molar-refractivity contribution >= 4 is 21.7 Å². The molecule has 0 aliphatic carbocycles. The summed E-state index contributed by atoms with van der Waals surface area (Å²) in [6.07, 6.45) is 1.60. The molecule has 0 unspecified atom stereocenters.